The molecule has 0 saturated carbocycles. The molecule has 0 saturated heterocycles. The molecule has 1 aromatic heterocycles. The third-order valence-electron chi connectivity index (χ3n) is 1.85. The number of carbonyl (C=O) groups is 1. The van der Waals surface area contributed by atoms with Crippen molar-refractivity contribution in [2.45, 2.75) is 13.8 Å². The highest BCUT2D eigenvalue weighted by Crippen LogP contribution is 2.12. The fraction of sp³-hybridized carbons (Fsp3) is 0.273. The largest absolute Gasteiger partial charge is 0.478 e. The number of anilines is 1. The van der Waals surface area contributed by atoms with Gasteiger partial charge in [-0.05, 0) is 19.9 Å². The number of rotatable bonds is 4. The third-order valence-corrected chi connectivity index (χ3v) is 1.85. The number of hydrogen-bond acceptors (Lipinski definition) is 3. The smallest absolute Gasteiger partial charge is 0.337 e. The quantitative estimate of drug-likeness (QED) is 0.741. The van der Waals surface area contributed by atoms with Crippen LogP contribution in [0.4, 0.5) is 5.69 Å². The average Bonchev–Trinajstić information content (AvgIpc) is 2.17. The molecule has 4 nitrogen and oxygen atoms in total. The van der Waals surface area contributed by atoms with Crippen molar-refractivity contribution < 1.29 is 9.90 Å². The molecular weight excluding hydrogens is 192 g/mol. The second kappa shape index (κ2) is 5.14. The fourth-order valence-electron chi connectivity index (χ4n) is 1.09. The number of nitrogens with zero attached hydrogens (tertiary/aromatic N) is 1. The summed E-state index contributed by atoms with van der Waals surface area (Å²) < 4.78 is 0. The minimum atomic E-state index is -0.947. The molecule has 1 aromatic rings. The van der Waals surface area contributed by atoms with Gasteiger partial charge in [-0.25, -0.2) is 4.79 Å². The maximum absolute atomic E-state index is 10.8. The first-order valence-corrected chi connectivity index (χ1v) is 4.66. The summed E-state index contributed by atoms with van der Waals surface area (Å²) in [6.45, 7) is 4.58. The molecule has 1 heterocycles. The highest BCUT2D eigenvalue weighted by atomic mass is 16.4. The summed E-state index contributed by atoms with van der Waals surface area (Å²) in [4.78, 5) is 14.7. The Labute approximate surface area is 88.7 Å². The Kier molecular flexibility index (Phi) is 3.85. The van der Waals surface area contributed by atoms with Crippen LogP contribution >= 0.6 is 0 Å². The Morgan fingerprint density at radius 3 is 2.93 bits per heavy atom. The van der Waals surface area contributed by atoms with Crippen molar-refractivity contribution in [3.05, 3.63) is 35.7 Å². The van der Waals surface area contributed by atoms with E-state index in [9.17, 15) is 4.79 Å². The van der Waals surface area contributed by atoms with Gasteiger partial charge in [-0.15, -0.1) is 0 Å². The fourth-order valence-corrected chi connectivity index (χ4v) is 1.09. The summed E-state index contributed by atoms with van der Waals surface area (Å²) in [5, 5.41) is 11.9. The molecule has 0 fully saturated rings. The number of nitrogens with one attached hydrogen (secondary N) is 1. The maximum Gasteiger partial charge on any atom is 0.337 e. The van der Waals surface area contributed by atoms with Crippen LogP contribution in [0.3, 0.4) is 0 Å². The second-order valence-corrected chi connectivity index (χ2v) is 3.39. The van der Waals surface area contributed by atoms with Crippen LogP contribution in [0.5, 0.6) is 0 Å². The molecule has 0 aromatic carbocycles. The molecule has 1 rings (SSSR count). The molecule has 4 heteroatoms. The topological polar surface area (TPSA) is 62.2 Å². The lowest BCUT2D eigenvalue weighted by atomic mass is 10.2. The molecule has 0 aliphatic carbocycles. The van der Waals surface area contributed by atoms with Gasteiger partial charge in [0.05, 0.1) is 17.4 Å². The van der Waals surface area contributed by atoms with Gasteiger partial charge in [0.25, 0.3) is 0 Å². The molecule has 2 N–H and O–H groups in total. The lowest BCUT2D eigenvalue weighted by molar-refractivity contribution is 0.0698. The number of pyridine rings is 1. The molecule has 80 valence electrons. The Bertz CT molecular complexity index is 382. The third kappa shape index (κ3) is 3.42. The van der Waals surface area contributed by atoms with Gasteiger partial charge in [0.2, 0.25) is 0 Å². The van der Waals surface area contributed by atoms with Gasteiger partial charge >= 0.3 is 5.97 Å². The van der Waals surface area contributed by atoms with Crippen molar-refractivity contribution in [3.8, 4) is 0 Å². The molecule has 0 spiro atoms. The van der Waals surface area contributed by atoms with E-state index in [2.05, 4.69) is 10.3 Å². The van der Waals surface area contributed by atoms with Crippen LogP contribution in [0.15, 0.2) is 30.1 Å². The summed E-state index contributed by atoms with van der Waals surface area (Å²) in [6, 6.07) is 1.48. The molecule has 0 amide bonds. The van der Waals surface area contributed by atoms with Gasteiger partial charge in [-0.1, -0.05) is 11.6 Å². The van der Waals surface area contributed by atoms with Gasteiger partial charge in [-0.2, -0.15) is 0 Å². The van der Waals surface area contributed by atoms with Crippen LogP contribution in [0.2, 0.25) is 0 Å². The Morgan fingerprint density at radius 2 is 2.33 bits per heavy atom. The molecule has 15 heavy (non-hydrogen) atoms. The second-order valence-electron chi connectivity index (χ2n) is 3.39. The highest BCUT2D eigenvalue weighted by molar-refractivity contribution is 5.93. The summed E-state index contributed by atoms with van der Waals surface area (Å²) in [5.41, 5.74) is 1.97. The van der Waals surface area contributed by atoms with E-state index in [1.165, 1.54) is 24.0 Å². The number of aromatic carboxylic acids is 1. The molecule has 0 bridgehead atoms. The number of carboxylic acids is 1. The molecule has 0 aliphatic rings. The number of carboxylic acid groups (broad SMARTS) is 1. The zero-order chi connectivity index (χ0) is 11.3. The molecule has 0 atom stereocenters. The van der Waals surface area contributed by atoms with Crippen LogP contribution in [-0.2, 0) is 0 Å². The van der Waals surface area contributed by atoms with Gasteiger partial charge < -0.3 is 10.4 Å². The van der Waals surface area contributed by atoms with E-state index in [1.54, 1.807) is 0 Å². The van der Waals surface area contributed by atoms with Crippen molar-refractivity contribution in [3.63, 3.8) is 0 Å². The Morgan fingerprint density at radius 1 is 1.60 bits per heavy atom. The van der Waals surface area contributed by atoms with Gasteiger partial charge in [0.15, 0.2) is 0 Å². The first-order valence-electron chi connectivity index (χ1n) is 4.66. The van der Waals surface area contributed by atoms with Crippen LogP contribution in [-0.4, -0.2) is 22.6 Å². The SMILES string of the molecule is CC(C)=CCNc1cnccc1C(=O)O. The van der Waals surface area contributed by atoms with Crippen molar-refractivity contribution in [1.29, 1.82) is 0 Å². The zero-order valence-electron chi connectivity index (χ0n) is 8.82. The van der Waals surface area contributed by atoms with Crippen molar-refractivity contribution in [1.82, 2.24) is 4.98 Å². The van der Waals surface area contributed by atoms with Gasteiger partial charge in [0.1, 0.15) is 0 Å². The first-order chi connectivity index (χ1) is 7.11. The van der Waals surface area contributed by atoms with Crippen LogP contribution in [0.1, 0.15) is 24.2 Å². The first kappa shape index (κ1) is 11.2. The molecule has 0 radical (unpaired) electrons. The summed E-state index contributed by atoms with van der Waals surface area (Å²) in [6.07, 6.45) is 4.97. The van der Waals surface area contributed by atoms with Crippen molar-refractivity contribution in [2.24, 2.45) is 0 Å². The van der Waals surface area contributed by atoms with Gasteiger partial charge in [-0.3, -0.25) is 4.98 Å². The van der Waals surface area contributed by atoms with E-state index in [-0.39, 0.29) is 5.56 Å². The van der Waals surface area contributed by atoms with E-state index >= 15 is 0 Å². The standard InChI is InChI=1S/C11H14N2O2/c1-8(2)3-6-13-10-7-12-5-4-9(10)11(14)15/h3-5,7,13H,6H2,1-2H3,(H,14,15). The van der Waals surface area contributed by atoms with Crippen LogP contribution in [0.25, 0.3) is 0 Å². The van der Waals surface area contributed by atoms with Crippen LogP contribution < -0.4 is 5.32 Å². The summed E-state index contributed by atoms with van der Waals surface area (Å²) in [7, 11) is 0. The van der Waals surface area contributed by atoms with Crippen LogP contribution in [0, 0.1) is 0 Å². The van der Waals surface area contributed by atoms with E-state index in [1.807, 2.05) is 19.9 Å². The van der Waals surface area contributed by atoms with Crippen molar-refractivity contribution >= 4 is 11.7 Å². The van der Waals surface area contributed by atoms with Crippen molar-refractivity contribution in [2.75, 3.05) is 11.9 Å². The predicted molar refractivity (Wildman–Crippen MR) is 59.1 cm³/mol. The monoisotopic (exact) mass is 206 g/mol. The Balaban J connectivity index is 2.76. The van der Waals surface area contributed by atoms with E-state index in [0.29, 0.717) is 12.2 Å². The Hall–Kier alpha value is -1.84. The van der Waals surface area contributed by atoms with E-state index in [4.69, 9.17) is 5.11 Å². The highest BCUT2D eigenvalue weighted by Gasteiger charge is 2.07. The number of aromatic nitrogens is 1. The zero-order valence-corrected chi connectivity index (χ0v) is 8.82. The maximum atomic E-state index is 10.8. The number of hydrogen-bond donors (Lipinski definition) is 2. The lowest BCUT2D eigenvalue weighted by Crippen LogP contribution is -2.06. The molecule has 0 unspecified atom stereocenters. The average molecular weight is 206 g/mol. The predicted octanol–water partition coefficient (Wildman–Crippen LogP) is 2.16. The van der Waals surface area contributed by atoms with E-state index in [0.717, 1.165) is 0 Å². The lowest BCUT2D eigenvalue weighted by Gasteiger charge is -2.06. The molecular formula is C11H14N2O2. The molecule has 0 aliphatic heterocycles. The van der Waals surface area contributed by atoms with E-state index < -0.39 is 5.97 Å². The van der Waals surface area contributed by atoms with Gasteiger partial charge in [0, 0.05) is 12.7 Å². The minimum Gasteiger partial charge on any atom is -0.478 e. The normalized spacial score (nSPS) is 9.47. The summed E-state index contributed by atoms with van der Waals surface area (Å²) >= 11 is 0. The number of allylic oxidation sites excluding steroid dienone is 1. The minimum absolute atomic E-state index is 0.243. The summed E-state index contributed by atoms with van der Waals surface area (Å²) in [5.74, 6) is -0.947.